The van der Waals surface area contributed by atoms with E-state index in [0.29, 0.717) is 11.0 Å². The van der Waals surface area contributed by atoms with Crippen LogP contribution >= 0.6 is 0 Å². The lowest BCUT2D eigenvalue weighted by atomic mass is 10.0. The average molecular weight is 397 g/mol. The largest absolute Gasteiger partial charge is 0.387 e. The minimum Gasteiger partial charge on any atom is -0.387 e. The number of anilines is 1. The van der Waals surface area contributed by atoms with Gasteiger partial charge in [-0.05, 0) is 34.5 Å². The third-order valence-corrected chi connectivity index (χ3v) is 5.06. The Morgan fingerprint density at radius 2 is 1.77 bits per heavy atom. The smallest absolute Gasteiger partial charge is 0.263 e. The van der Waals surface area contributed by atoms with Gasteiger partial charge in [0.15, 0.2) is 5.65 Å². The van der Waals surface area contributed by atoms with Crippen LogP contribution in [0.3, 0.4) is 0 Å². The molecular formula is C23H19N5O2. The average Bonchev–Trinajstić information content (AvgIpc) is 3.22. The number of aromatic amines is 1. The number of hydrogen-bond donors (Lipinski definition) is 3. The summed E-state index contributed by atoms with van der Waals surface area (Å²) in [5, 5.41) is 20.5. The summed E-state index contributed by atoms with van der Waals surface area (Å²) in [4.78, 5) is 19.7. The van der Waals surface area contributed by atoms with Gasteiger partial charge in [-0.15, -0.1) is 0 Å². The van der Waals surface area contributed by atoms with E-state index in [2.05, 4.69) is 20.4 Å². The molecule has 0 bridgehead atoms. The molecule has 7 heteroatoms. The number of nitrogens with one attached hydrogen (secondary N) is 2. The lowest BCUT2D eigenvalue weighted by molar-refractivity contribution is 0.191. The summed E-state index contributed by atoms with van der Waals surface area (Å²) >= 11 is 0. The predicted octanol–water partition coefficient (Wildman–Crippen LogP) is 3.41. The van der Waals surface area contributed by atoms with Crippen molar-refractivity contribution in [3.63, 3.8) is 0 Å². The van der Waals surface area contributed by atoms with E-state index in [1.54, 1.807) is 4.68 Å². The number of fused-ring (bicyclic) bond motifs is 2. The van der Waals surface area contributed by atoms with Gasteiger partial charge in [0.1, 0.15) is 5.39 Å². The van der Waals surface area contributed by atoms with E-state index >= 15 is 0 Å². The Balaban J connectivity index is 1.41. The molecule has 0 radical (unpaired) electrons. The molecule has 7 nitrogen and oxygen atoms in total. The number of nitrogens with zero attached hydrogens (tertiary/aromatic N) is 3. The van der Waals surface area contributed by atoms with E-state index in [4.69, 9.17) is 0 Å². The summed E-state index contributed by atoms with van der Waals surface area (Å²) in [6.07, 6.45) is 0.747. The van der Waals surface area contributed by atoms with Crippen LogP contribution in [0.1, 0.15) is 11.7 Å². The second-order valence-corrected chi connectivity index (χ2v) is 7.05. The third kappa shape index (κ3) is 3.31. The molecule has 30 heavy (non-hydrogen) atoms. The van der Waals surface area contributed by atoms with Gasteiger partial charge in [0, 0.05) is 6.54 Å². The molecule has 5 aromatic rings. The Hall–Kier alpha value is -3.97. The summed E-state index contributed by atoms with van der Waals surface area (Å²) in [6.45, 7) is 0.201. The first-order valence-corrected chi connectivity index (χ1v) is 9.63. The molecule has 0 aliphatic rings. The van der Waals surface area contributed by atoms with Gasteiger partial charge in [-0.2, -0.15) is 10.1 Å². The van der Waals surface area contributed by atoms with Gasteiger partial charge in [0.05, 0.1) is 18.0 Å². The second kappa shape index (κ2) is 7.46. The van der Waals surface area contributed by atoms with Crippen molar-refractivity contribution in [1.29, 1.82) is 0 Å². The van der Waals surface area contributed by atoms with Crippen LogP contribution in [0.4, 0.5) is 5.95 Å². The van der Waals surface area contributed by atoms with E-state index < -0.39 is 6.10 Å². The van der Waals surface area contributed by atoms with Crippen molar-refractivity contribution in [1.82, 2.24) is 19.7 Å². The Kier molecular flexibility index (Phi) is 4.49. The lowest BCUT2D eigenvalue weighted by Crippen LogP contribution is -2.18. The number of aliphatic hydroxyl groups is 1. The van der Waals surface area contributed by atoms with Crippen molar-refractivity contribution in [2.75, 3.05) is 11.9 Å². The first-order chi connectivity index (χ1) is 14.7. The lowest BCUT2D eigenvalue weighted by Gasteiger charge is -2.13. The molecule has 3 aromatic carbocycles. The number of para-hydroxylation sites is 1. The quantitative estimate of drug-likeness (QED) is 0.422. The number of benzene rings is 3. The molecule has 0 spiro atoms. The molecule has 0 saturated carbocycles. The highest BCUT2D eigenvalue weighted by Crippen LogP contribution is 2.21. The summed E-state index contributed by atoms with van der Waals surface area (Å²) in [6, 6.07) is 23.3. The van der Waals surface area contributed by atoms with Gasteiger partial charge < -0.3 is 10.4 Å². The SMILES string of the molecule is O=c1[nH]c(NCC(O)c2ccc3ccccc3c2)nc2c1cnn2-c1ccccc1. The van der Waals surface area contributed by atoms with Gasteiger partial charge in [-0.1, -0.05) is 54.6 Å². The van der Waals surface area contributed by atoms with Crippen LogP contribution in [0.15, 0.2) is 83.8 Å². The maximum absolute atomic E-state index is 12.5. The number of H-pyrrole nitrogens is 1. The predicted molar refractivity (Wildman–Crippen MR) is 117 cm³/mol. The van der Waals surface area contributed by atoms with Gasteiger partial charge in [-0.3, -0.25) is 9.78 Å². The number of hydrogen-bond acceptors (Lipinski definition) is 5. The van der Waals surface area contributed by atoms with Crippen LogP contribution < -0.4 is 10.9 Å². The maximum Gasteiger partial charge on any atom is 0.263 e. The molecule has 0 aliphatic heterocycles. The van der Waals surface area contributed by atoms with E-state index in [0.717, 1.165) is 22.0 Å². The molecular weight excluding hydrogens is 378 g/mol. The molecule has 0 saturated heterocycles. The summed E-state index contributed by atoms with van der Waals surface area (Å²) in [5.41, 5.74) is 1.77. The maximum atomic E-state index is 12.5. The van der Waals surface area contributed by atoms with Crippen molar-refractivity contribution in [2.45, 2.75) is 6.10 Å². The fourth-order valence-corrected chi connectivity index (χ4v) is 3.49. The van der Waals surface area contributed by atoms with Crippen LogP contribution in [0, 0.1) is 0 Å². The highest BCUT2D eigenvalue weighted by Gasteiger charge is 2.13. The van der Waals surface area contributed by atoms with E-state index in [-0.39, 0.29) is 18.1 Å². The Morgan fingerprint density at radius 3 is 2.60 bits per heavy atom. The first kappa shape index (κ1) is 18.1. The van der Waals surface area contributed by atoms with E-state index in [1.165, 1.54) is 6.20 Å². The molecule has 3 N–H and O–H groups in total. The molecule has 2 aromatic heterocycles. The summed E-state index contributed by atoms with van der Waals surface area (Å²) < 4.78 is 1.62. The molecule has 0 aliphatic carbocycles. The van der Waals surface area contributed by atoms with Crippen molar-refractivity contribution < 1.29 is 5.11 Å². The second-order valence-electron chi connectivity index (χ2n) is 7.05. The van der Waals surface area contributed by atoms with Crippen LogP contribution in [0.5, 0.6) is 0 Å². The number of rotatable bonds is 5. The van der Waals surface area contributed by atoms with Gasteiger partial charge in [0.25, 0.3) is 5.56 Å². The van der Waals surface area contributed by atoms with Crippen LogP contribution in [0.25, 0.3) is 27.5 Å². The summed E-state index contributed by atoms with van der Waals surface area (Å²) in [5.74, 6) is 0.282. The van der Waals surface area contributed by atoms with Crippen molar-refractivity contribution in [2.24, 2.45) is 0 Å². The highest BCUT2D eigenvalue weighted by molar-refractivity contribution is 5.83. The van der Waals surface area contributed by atoms with Crippen molar-refractivity contribution in [3.05, 3.63) is 94.9 Å². The molecule has 5 rings (SSSR count). The van der Waals surface area contributed by atoms with Crippen LogP contribution in [-0.2, 0) is 0 Å². The van der Waals surface area contributed by atoms with Gasteiger partial charge in [0.2, 0.25) is 5.95 Å². The monoisotopic (exact) mass is 397 g/mol. The molecule has 1 unspecified atom stereocenters. The fourth-order valence-electron chi connectivity index (χ4n) is 3.49. The topological polar surface area (TPSA) is 95.8 Å². The summed E-state index contributed by atoms with van der Waals surface area (Å²) in [7, 11) is 0. The van der Waals surface area contributed by atoms with E-state index in [1.807, 2.05) is 72.8 Å². The molecule has 1 atom stereocenters. The van der Waals surface area contributed by atoms with Crippen molar-refractivity contribution >= 4 is 27.8 Å². The standard InChI is InChI=1S/C23H19N5O2/c29-20(17-11-10-15-6-4-5-7-16(15)12-17)14-24-23-26-21-19(22(30)27-23)13-25-28(21)18-8-2-1-3-9-18/h1-13,20,29H,14H2,(H2,24,26,27,30). The van der Waals surface area contributed by atoms with Crippen molar-refractivity contribution in [3.8, 4) is 5.69 Å². The van der Waals surface area contributed by atoms with Gasteiger partial charge >= 0.3 is 0 Å². The van der Waals surface area contributed by atoms with Gasteiger partial charge in [-0.25, -0.2) is 4.68 Å². The zero-order valence-electron chi connectivity index (χ0n) is 16.0. The number of aliphatic hydroxyl groups excluding tert-OH is 1. The minimum atomic E-state index is -0.755. The normalized spacial score (nSPS) is 12.3. The van der Waals surface area contributed by atoms with Crippen LogP contribution in [-0.4, -0.2) is 31.4 Å². The van der Waals surface area contributed by atoms with Crippen LogP contribution in [0.2, 0.25) is 0 Å². The highest BCUT2D eigenvalue weighted by atomic mass is 16.3. The Morgan fingerprint density at radius 1 is 1.00 bits per heavy atom. The zero-order valence-corrected chi connectivity index (χ0v) is 16.0. The minimum absolute atomic E-state index is 0.201. The van der Waals surface area contributed by atoms with E-state index in [9.17, 15) is 9.90 Å². The fraction of sp³-hybridized carbons (Fsp3) is 0.0870. The molecule has 0 fully saturated rings. The molecule has 148 valence electrons. The first-order valence-electron chi connectivity index (χ1n) is 9.63. The Bertz CT molecular complexity index is 1390. The molecule has 2 heterocycles. The zero-order chi connectivity index (χ0) is 20.5. The molecule has 0 amide bonds. The third-order valence-electron chi connectivity index (χ3n) is 5.06. The number of aromatic nitrogens is 4. The Labute approximate surface area is 171 Å².